The standard InChI is InChI=1S/C13H20O3S/c1-3-7-11(2)13(14)10-17(15,16)12-8-5-4-6-9-12/h4-6,8-9,11,13-14H,3,7,10H2,1-2H3/t11-,13-/m1/s1. The maximum absolute atomic E-state index is 12.0. The molecule has 0 aromatic heterocycles. The summed E-state index contributed by atoms with van der Waals surface area (Å²) in [5.41, 5.74) is 0. The minimum atomic E-state index is -3.37. The lowest BCUT2D eigenvalue weighted by molar-refractivity contribution is 0.132. The van der Waals surface area contributed by atoms with E-state index >= 15 is 0 Å². The Bertz CT molecular complexity index is 425. The smallest absolute Gasteiger partial charge is 0.180 e. The van der Waals surface area contributed by atoms with Crippen molar-refractivity contribution in [1.82, 2.24) is 0 Å². The van der Waals surface area contributed by atoms with E-state index < -0.39 is 15.9 Å². The Kier molecular flexibility index (Phi) is 5.15. The minimum Gasteiger partial charge on any atom is -0.392 e. The van der Waals surface area contributed by atoms with Crippen molar-refractivity contribution in [3.63, 3.8) is 0 Å². The van der Waals surface area contributed by atoms with Crippen LogP contribution in [0, 0.1) is 5.92 Å². The SMILES string of the molecule is CCC[C@@H](C)[C@H](O)CS(=O)(=O)c1ccccc1. The number of rotatable bonds is 6. The van der Waals surface area contributed by atoms with E-state index in [4.69, 9.17) is 0 Å². The largest absolute Gasteiger partial charge is 0.392 e. The highest BCUT2D eigenvalue weighted by Gasteiger charge is 2.23. The molecule has 0 bridgehead atoms. The molecule has 0 aliphatic rings. The van der Waals surface area contributed by atoms with Gasteiger partial charge in [0.15, 0.2) is 9.84 Å². The van der Waals surface area contributed by atoms with Crippen molar-refractivity contribution < 1.29 is 13.5 Å². The molecule has 0 fully saturated rings. The number of benzene rings is 1. The third-order valence-corrected chi connectivity index (χ3v) is 4.66. The van der Waals surface area contributed by atoms with Crippen LogP contribution in [0.5, 0.6) is 0 Å². The lowest BCUT2D eigenvalue weighted by Gasteiger charge is -2.18. The Morgan fingerprint density at radius 3 is 2.35 bits per heavy atom. The van der Waals surface area contributed by atoms with Gasteiger partial charge in [0.2, 0.25) is 0 Å². The molecule has 0 radical (unpaired) electrons. The summed E-state index contributed by atoms with van der Waals surface area (Å²) in [7, 11) is -3.37. The summed E-state index contributed by atoms with van der Waals surface area (Å²) in [6.45, 7) is 3.91. The van der Waals surface area contributed by atoms with E-state index in [1.807, 2.05) is 13.8 Å². The average Bonchev–Trinajstić information content (AvgIpc) is 2.30. The molecule has 0 spiro atoms. The van der Waals surface area contributed by atoms with Gasteiger partial charge in [-0.05, 0) is 24.5 Å². The maximum atomic E-state index is 12.0. The first-order valence-electron chi connectivity index (χ1n) is 5.93. The van der Waals surface area contributed by atoms with Gasteiger partial charge in [0.1, 0.15) is 0 Å². The van der Waals surface area contributed by atoms with Crippen LogP contribution in [0.2, 0.25) is 0 Å². The van der Waals surface area contributed by atoms with E-state index in [1.165, 1.54) is 0 Å². The highest BCUT2D eigenvalue weighted by atomic mass is 32.2. The van der Waals surface area contributed by atoms with Crippen LogP contribution in [0.1, 0.15) is 26.7 Å². The fourth-order valence-electron chi connectivity index (χ4n) is 1.76. The van der Waals surface area contributed by atoms with Crippen LogP contribution in [0.3, 0.4) is 0 Å². The Hall–Kier alpha value is -0.870. The minimum absolute atomic E-state index is 0.0125. The zero-order valence-electron chi connectivity index (χ0n) is 10.3. The van der Waals surface area contributed by atoms with Crippen molar-refractivity contribution in [2.45, 2.75) is 37.7 Å². The topological polar surface area (TPSA) is 54.4 Å². The molecule has 0 saturated heterocycles. The molecule has 1 rings (SSSR count). The van der Waals surface area contributed by atoms with Gasteiger partial charge in [-0.25, -0.2) is 8.42 Å². The van der Waals surface area contributed by atoms with Crippen molar-refractivity contribution >= 4 is 9.84 Å². The van der Waals surface area contributed by atoms with Gasteiger partial charge >= 0.3 is 0 Å². The van der Waals surface area contributed by atoms with E-state index in [2.05, 4.69) is 0 Å². The number of aliphatic hydroxyl groups excluding tert-OH is 1. The first-order chi connectivity index (χ1) is 7.97. The normalized spacial score (nSPS) is 15.5. The first-order valence-corrected chi connectivity index (χ1v) is 7.58. The van der Waals surface area contributed by atoms with Crippen LogP contribution in [0.15, 0.2) is 35.2 Å². The summed E-state index contributed by atoms with van der Waals surface area (Å²) in [4.78, 5) is 0.280. The molecule has 96 valence electrons. The van der Waals surface area contributed by atoms with Crippen molar-refractivity contribution in [2.75, 3.05) is 5.75 Å². The predicted molar refractivity (Wildman–Crippen MR) is 68.6 cm³/mol. The quantitative estimate of drug-likeness (QED) is 0.849. The Morgan fingerprint density at radius 1 is 1.24 bits per heavy atom. The number of hydrogen-bond acceptors (Lipinski definition) is 3. The Balaban J connectivity index is 2.74. The fourth-order valence-corrected chi connectivity index (χ4v) is 3.30. The molecular weight excluding hydrogens is 236 g/mol. The summed E-state index contributed by atoms with van der Waals surface area (Å²) in [5, 5.41) is 9.87. The second-order valence-electron chi connectivity index (χ2n) is 4.43. The molecule has 1 N–H and O–H groups in total. The van der Waals surface area contributed by atoms with Crippen LogP contribution in [0.25, 0.3) is 0 Å². The second-order valence-corrected chi connectivity index (χ2v) is 6.46. The van der Waals surface area contributed by atoms with E-state index in [9.17, 15) is 13.5 Å². The van der Waals surface area contributed by atoms with Crippen LogP contribution < -0.4 is 0 Å². The third-order valence-electron chi connectivity index (χ3n) is 2.89. The first kappa shape index (κ1) is 14.2. The van der Waals surface area contributed by atoms with Gasteiger partial charge in [0, 0.05) is 0 Å². The van der Waals surface area contributed by atoms with Crippen LogP contribution in [-0.2, 0) is 9.84 Å². The molecule has 0 saturated carbocycles. The van der Waals surface area contributed by atoms with Gasteiger partial charge in [-0.3, -0.25) is 0 Å². The molecular formula is C13H20O3S. The van der Waals surface area contributed by atoms with Gasteiger partial charge in [-0.2, -0.15) is 0 Å². The van der Waals surface area contributed by atoms with E-state index in [0.717, 1.165) is 12.8 Å². The summed E-state index contributed by atoms with van der Waals surface area (Å²) in [6.07, 6.45) is 0.995. The Morgan fingerprint density at radius 2 is 1.82 bits per heavy atom. The van der Waals surface area contributed by atoms with Crippen LogP contribution in [0.4, 0.5) is 0 Å². The molecule has 0 heterocycles. The van der Waals surface area contributed by atoms with Crippen LogP contribution in [-0.4, -0.2) is 25.4 Å². The van der Waals surface area contributed by atoms with Gasteiger partial charge in [-0.1, -0.05) is 38.5 Å². The second kappa shape index (κ2) is 6.17. The van der Waals surface area contributed by atoms with Crippen LogP contribution >= 0.6 is 0 Å². The molecule has 1 aromatic carbocycles. The third kappa shape index (κ3) is 4.13. The lowest BCUT2D eigenvalue weighted by Crippen LogP contribution is -2.27. The highest BCUT2D eigenvalue weighted by Crippen LogP contribution is 2.17. The summed E-state index contributed by atoms with van der Waals surface area (Å²) < 4.78 is 24.0. The molecule has 0 aliphatic heterocycles. The zero-order chi connectivity index (χ0) is 12.9. The fraction of sp³-hybridized carbons (Fsp3) is 0.538. The molecule has 0 aliphatic carbocycles. The van der Waals surface area contributed by atoms with E-state index in [0.29, 0.717) is 0 Å². The van der Waals surface area contributed by atoms with Crippen molar-refractivity contribution in [1.29, 1.82) is 0 Å². The summed E-state index contributed by atoms with van der Waals surface area (Å²) in [6, 6.07) is 8.28. The van der Waals surface area contributed by atoms with E-state index in [-0.39, 0.29) is 16.6 Å². The summed E-state index contributed by atoms with van der Waals surface area (Å²) >= 11 is 0. The molecule has 3 nitrogen and oxygen atoms in total. The molecule has 4 heteroatoms. The number of sulfone groups is 1. The number of hydrogen-bond donors (Lipinski definition) is 1. The molecule has 0 unspecified atom stereocenters. The zero-order valence-corrected chi connectivity index (χ0v) is 11.2. The Labute approximate surface area is 103 Å². The molecule has 17 heavy (non-hydrogen) atoms. The van der Waals surface area contributed by atoms with Gasteiger partial charge in [-0.15, -0.1) is 0 Å². The lowest BCUT2D eigenvalue weighted by atomic mass is 10.0. The van der Waals surface area contributed by atoms with E-state index in [1.54, 1.807) is 30.3 Å². The summed E-state index contributed by atoms with van der Waals surface area (Å²) in [5.74, 6) is -0.184. The number of aliphatic hydroxyl groups is 1. The molecule has 0 amide bonds. The van der Waals surface area contributed by atoms with Crippen molar-refractivity contribution in [3.8, 4) is 0 Å². The maximum Gasteiger partial charge on any atom is 0.180 e. The highest BCUT2D eigenvalue weighted by molar-refractivity contribution is 7.91. The van der Waals surface area contributed by atoms with Gasteiger partial charge in [0.25, 0.3) is 0 Å². The predicted octanol–water partition coefficient (Wildman–Crippen LogP) is 2.26. The molecule has 1 aromatic rings. The van der Waals surface area contributed by atoms with Gasteiger partial charge < -0.3 is 5.11 Å². The molecule has 2 atom stereocenters. The monoisotopic (exact) mass is 256 g/mol. The van der Waals surface area contributed by atoms with Crippen molar-refractivity contribution in [3.05, 3.63) is 30.3 Å². The van der Waals surface area contributed by atoms with Gasteiger partial charge in [0.05, 0.1) is 16.8 Å². The average molecular weight is 256 g/mol. The van der Waals surface area contributed by atoms with Crippen molar-refractivity contribution in [2.24, 2.45) is 5.92 Å².